The minimum Gasteiger partial charge on any atom is -0.491 e. The molecule has 188 valence electrons. The van der Waals surface area contributed by atoms with Gasteiger partial charge in [0, 0.05) is 17.4 Å². The molecular weight excluding hydrogens is 474 g/mol. The SMILES string of the molecule is OC[C@H]1O[C@@H](c2ccc(Cl)c(Cc3ccc(OC[C@@H](O)Cn4cccc4)cc3)c2)[C@H](O)[C@@H](O)[C@@H]1O. The number of benzene rings is 2. The zero-order valence-corrected chi connectivity index (χ0v) is 19.8. The van der Waals surface area contributed by atoms with E-state index in [1.54, 1.807) is 18.2 Å². The van der Waals surface area contributed by atoms with Crippen LogP contribution in [0.15, 0.2) is 67.0 Å². The van der Waals surface area contributed by atoms with Gasteiger partial charge in [-0.3, -0.25) is 0 Å². The number of ether oxygens (including phenoxy) is 2. The molecule has 1 aromatic heterocycles. The molecule has 0 bridgehead atoms. The molecule has 35 heavy (non-hydrogen) atoms. The molecule has 0 spiro atoms. The van der Waals surface area contributed by atoms with Crippen LogP contribution in [0.2, 0.25) is 5.02 Å². The first-order chi connectivity index (χ1) is 16.9. The average Bonchev–Trinajstić information content (AvgIpc) is 3.37. The van der Waals surface area contributed by atoms with Gasteiger partial charge in [-0.1, -0.05) is 35.9 Å². The van der Waals surface area contributed by atoms with E-state index in [0.29, 0.717) is 29.3 Å². The van der Waals surface area contributed by atoms with Crippen molar-refractivity contribution in [1.29, 1.82) is 0 Å². The minimum atomic E-state index is -1.45. The fraction of sp³-hybridized carbons (Fsp3) is 0.385. The van der Waals surface area contributed by atoms with Crippen LogP contribution in [0.1, 0.15) is 22.8 Å². The van der Waals surface area contributed by atoms with E-state index in [4.69, 9.17) is 21.1 Å². The van der Waals surface area contributed by atoms with Gasteiger partial charge in [-0.05, 0) is 53.4 Å². The van der Waals surface area contributed by atoms with E-state index >= 15 is 0 Å². The highest BCUT2D eigenvalue weighted by molar-refractivity contribution is 6.31. The van der Waals surface area contributed by atoms with E-state index in [9.17, 15) is 25.5 Å². The second-order valence-corrected chi connectivity index (χ2v) is 9.17. The van der Waals surface area contributed by atoms with Crippen LogP contribution < -0.4 is 4.74 Å². The van der Waals surface area contributed by atoms with Crippen LogP contribution in [0.4, 0.5) is 0 Å². The lowest BCUT2D eigenvalue weighted by Crippen LogP contribution is -2.55. The summed E-state index contributed by atoms with van der Waals surface area (Å²) in [5.41, 5.74) is 2.34. The van der Waals surface area contributed by atoms with Crippen molar-refractivity contribution in [2.45, 2.75) is 49.6 Å². The van der Waals surface area contributed by atoms with Gasteiger partial charge in [0.05, 0.1) is 13.2 Å². The van der Waals surface area contributed by atoms with Gasteiger partial charge in [0.15, 0.2) is 0 Å². The molecule has 8 nitrogen and oxygen atoms in total. The van der Waals surface area contributed by atoms with Gasteiger partial charge < -0.3 is 39.6 Å². The molecule has 9 heteroatoms. The fourth-order valence-corrected chi connectivity index (χ4v) is 4.37. The molecule has 4 rings (SSSR count). The van der Waals surface area contributed by atoms with Crippen molar-refractivity contribution in [3.05, 3.63) is 88.7 Å². The summed E-state index contributed by atoms with van der Waals surface area (Å²) in [4.78, 5) is 0. The maximum Gasteiger partial charge on any atom is 0.119 e. The maximum atomic E-state index is 10.4. The van der Waals surface area contributed by atoms with Gasteiger partial charge in [-0.15, -0.1) is 0 Å². The molecular formula is C26H30ClNO7. The van der Waals surface area contributed by atoms with Crippen molar-refractivity contribution in [2.24, 2.45) is 0 Å². The van der Waals surface area contributed by atoms with Gasteiger partial charge >= 0.3 is 0 Å². The smallest absolute Gasteiger partial charge is 0.119 e. The summed E-state index contributed by atoms with van der Waals surface area (Å²) in [6, 6.07) is 16.4. The molecule has 0 unspecified atom stereocenters. The normalized spacial score (nSPS) is 25.4. The van der Waals surface area contributed by atoms with E-state index in [1.807, 2.05) is 53.4 Å². The molecule has 1 saturated heterocycles. The Balaban J connectivity index is 1.39. The zero-order chi connectivity index (χ0) is 24.9. The van der Waals surface area contributed by atoms with Crippen LogP contribution in [-0.2, 0) is 17.7 Å². The van der Waals surface area contributed by atoms with E-state index in [1.165, 1.54) is 0 Å². The number of halogens is 1. The number of rotatable bonds is 9. The molecule has 1 fully saturated rings. The Morgan fingerprint density at radius 3 is 2.37 bits per heavy atom. The van der Waals surface area contributed by atoms with Crippen LogP contribution >= 0.6 is 11.6 Å². The Kier molecular flexibility index (Phi) is 8.46. The average molecular weight is 504 g/mol. The number of hydrogen-bond acceptors (Lipinski definition) is 7. The van der Waals surface area contributed by atoms with Gasteiger partial charge in [-0.2, -0.15) is 0 Å². The van der Waals surface area contributed by atoms with E-state index < -0.39 is 43.2 Å². The van der Waals surface area contributed by atoms with Crippen molar-refractivity contribution in [3.8, 4) is 5.75 Å². The zero-order valence-electron chi connectivity index (χ0n) is 19.0. The summed E-state index contributed by atoms with van der Waals surface area (Å²) in [6.07, 6.45) is -2.47. The van der Waals surface area contributed by atoms with Gasteiger partial charge in [-0.25, -0.2) is 0 Å². The monoisotopic (exact) mass is 503 g/mol. The molecule has 3 aromatic rings. The van der Waals surface area contributed by atoms with E-state index in [0.717, 1.165) is 11.1 Å². The lowest BCUT2D eigenvalue weighted by molar-refractivity contribution is -0.231. The van der Waals surface area contributed by atoms with Crippen molar-refractivity contribution in [2.75, 3.05) is 13.2 Å². The van der Waals surface area contributed by atoms with Crippen molar-refractivity contribution in [3.63, 3.8) is 0 Å². The standard InChI is InChI=1S/C26H30ClNO7/c27-21-8-5-17(26-25(33)24(32)23(31)22(14-29)35-26)12-18(21)11-16-3-6-20(7-4-16)34-15-19(30)13-28-9-1-2-10-28/h1-10,12,19,22-26,29-33H,11,13-15H2/t19-,22+,23+,24-,25+,26-/m0/s1. The fourth-order valence-electron chi connectivity index (χ4n) is 4.19. The van der Waals surface area contributed by atoms with Crippen molar-refractivity contribution >= 4 is 11.6 Å². The Labute approximate surface area is 208 Å². The van der Waals surface area contributed by atoms with Gasteiger partial charge in [0.1, 0.15) is 49.0 Å². The molecule has 0 aliphatic carbocycles. The lowest BCUT2D eigenvalue weighted by Gasteiger charge is -2.40. The van der Waals surface area contributed by atoms with Gasteiger partial charge in [0.2, 0.25) is 0 Å². The third kappa shape index (κ3) is 6.23. The first kappa shape index (κ1) is 25.7. The molecule has 1 aliphatic rings. The summed E-state index contributed by atoms with van der Waals surface area (Å²) < 4.78 is 13.2. The van der Waals surface area contributed by atoms with Crippen LogP contribution in [-0.4, -0.2) is 73.8 Å². The van der Waals surface area contributed by atoms with Crippen molar-refractivity contribution in [1.82, 2.24) is 4.57 Å². The Bertz CT molecular complexity index is 1070. The molecule has 0 radical (unpaired) electrons. The van der Waals surface area contributed by atoms with Gasteiger partial charge in [0.25, 0.3) is 0 Å². The second-order valence-electron chi connectivity index (χ2n) is 8.77. The first-order valence-electron chi connectivity index (χ1n) is 11.4. The van der Waals surface area contributed by atoms with E-state index in [-0.39, 0.29) is 6.61 Å². The highest BCUT2D eigenvalue weighted by atomic mass is 35.5. The molecule has 6 atom stereocenters. The minimum absolute atomic E-state index is 0.171. The molecule has 2 aromatic carbocycles. The Morgan fingerprint density at radius 1 is 0.971 bits per heavy atom. The second kappa shape index (κ2) is 11.5. The Morgan fingerprint density at radius 2 is 1.69 bits per heavy atom. The summed E-state index contributed by atoms with van der Waals surface area (Å²) in [6.45, 7) is 0.137. The largest absolute Gasteiger partial charge is 0.491 e. The third-order valence-electron chi connectivity index (χ3n) is 6.14. The molecule has 0 saturated carbocycles. The number of aliphatic hydroxyl groups is 5. The molecule has 1 aliphatic heterocycles. The number of aromatic nitrogens is 1. The summed E-state index contributed by atoms with van der Waals surface area (Å²) in [7, 11) is 0. The highest BCUT2D eigenvalue weighted by Crippen LogP contribution is 2.34. The summed E-state index contributed by atoms with van der Waals surface area (Å²) in [5.74, 6) is 0.640. The third-order valence-corrected chi connectivity index (χ3v) is 6.51. The van der Waals surface area contributed by atoms with Crippen LogP contribution in [0.25, 0.3) is 0 Å². The predicted octanol–water partition coefficient (Wildman–Crippen LogP) is 1.69. The number of nitrogens with zero attached hydrogens (tertiary/aromatic N) is 1. The van der Waals surface area contributed by atoms with Crippen molar-refractivity contribution < 1.29 is 35.0 Å². The highest BCUT2D eigenvalue weighted by Gasteiger charge is 2.44. The Hall–Kier alpha value is -2.43. The molecule has 2 heterocycles. The summed E-state index contributed by atoms with van der Waals surface area (Å²) >= 11 is 6.42. The maximum absolute atomic E-state index is 10.4. The van der Waals surface area contributed by atoms with Crippen LogP contribution in [0.5, 0.6) is 5.75 Å². The number of hydrogen-bond donors (Lipinski definition) is 5. The summed E-state index contributed by atoms with van der Waals surface area (Å²) in [5, 5.41) is 50.7. The number of aliphatic hydroxyl groups excluding tert-OH is 5. The van der Waals surface area contributed by atoms with Crippen LogP contribution in [0, 0.1) is 0 Å². The molecule has 0 amide bonds. The first-order valence-corrected chi connectivity index (χ1v) is 11.8. The quantitative estimate of drug-likeness (QED) is 0.301. The predicted molar refractivity (Wildman–Crippen MR) is 129 cm³/mol. The lowest BCUT2D eigenvalue weighted by atomic mass is 9.90. The van der Waals surface area contributed by atoms with Crippen LogP contribution in [0.3, 0.4) is 0 Å². The van der Waals surface area contributed by atoms with E-state index in [2.05, 4.69) is 0 Å². The topological polar surface area (TPSA) is 125 Å². The molecule has 5 N–H and O–H groups in total.